The quantitative estimate of drug-likeness (QED) is 0.284. The molecule has 2 fully saturated rings. The Morgan fingerprint density at radius 1 is 1.04 bits per heavy atom. The van der Waals surface area contributed by atoms with Crippen LogP contribution in [0.5, 0.6) is 0 Å². The number of aromatic amines is 1. The van der Waals surface area contributed by atoms with Crippen molar-refractivity contribution >= 4 is 35.0 Å². The molecule has 5 heterocycles. The number of aryl methyl sites for hydroxylation is 1. The number of rotatable bonds is 6. The maximum absolute atomic E-state index is 14.0. The molecule has 47 heavy (non-hydrogen) atoms. The van der Waals surface area contributed by atoms with E-state index in [2.05, 4.69) is 30.9 Å². The van der Waals surface area contributed by atoms with Crippen molar-refractivity contribution in [1.29, 1.82) is 0 Å². The third-order valence-corrected chi connectivity index (χ3v) is 8.82. The fourth-order valence-corrected chi connectivity index (χ4v) is 6.17. The fourth-order valence-electron chi connectivity index (χ4n) is 5.91. The number of nitrogens with zero attached hydrogens (tertiary/aromatic N) is 7. The number of piperazine rings is 1. The highest BCUT2D eigenvalue weighted by molar-refractivity contribution is 6.34. The van der Waals surface area contributed by atoms with Crippen LogP contribution in [-0.4, -0.2) is 96.3 Å². The topological polar surface area (TPSA) is 146 Å². The van der Waals surface area contributed by atoms with Crippen LogP contribution in [0.3, 0.4) is 0 Å². The molecule has 13 nitrogen and oxygen atoms in total. The van der Waals surface area contributed by atoms with Crippen LogP contribution in [0.15, 0.2) is 36.8 Å². The lowest BCUT2D eigenvalue weighted by Crippen LogP contribution is -2.52. The molecule has 248 valence electrons. The molecule has 3 amide bonds. The monoisotopic (exact) mass is 672 g/mol. The van der Waals surface area contributed by atoms with Gasteiger partial charge in [0.15, 0.2) is 17.3 Å². The summed E-state index contributed by atoms with van der Waals surface area (Å²) in [5, 5.41) is 16.2. The molecule has 2 aliphatic rings. The summed E-state index contributed by atoms with van der Waals surface area (Å²) in [4.78, 5) is 46.8. The average Bonchev–Trinajstić information content (AvgIpc) is 3.78. The van der Waals surface area contributed by atoms with E-state index in [4.69, 9.17) is 11.6 Å². The standard InChI is InChI=1S/C30H32ClF3N10O3/c1-17-14-37-39-25(17)44-16-21(24(40-44)30(32,33)34)23-15-36-26(41(23)2)27(45)38-19-3-4-20(22(31)13-19)29(47)43-11-9-42(10-12-43)28(46)18-5-7-35-8-6-18/h3-4,13-16,18,35H,5-12H2,1-2H3,(H,37,39)(H,38,45). The van der Waals surface area contributed by atoms with Crippen molar-refractivity contribution in [3.63, 3.8) is 0 Å². The van der Waals surface area contributed by atoms with Crippen molar-refractivity contribution in [2.45, 2.75) is 25.9 Å². The summed E-state index contributed by atoms with van der Waals surface area (Å²) in [6.45, 7) is 4.98. The Bertz CT molecular complexity index is 1820. The number of amides is 3. The van der Waals surface area contributed by atoms with Crippen LogP contribution in [0.1, 0.15) is 45.1 Å². The molecule has 0 bridgehead atoms. The minimum absolute atomic E-state index is 0.0151. The van der Waals surface area contributed by atoms with Gasteiger partial charge in [0, 0.05) is 56.6 Å². The zero-order valence-corrected chi connectivity index (χ0v) is 26.3. The molecule has 0 spiro atoms. The van der Waals surface area contributed by atoms with Crippen LogP contribution in [-0.2, 0) is 18.0 Å². The second kappa shape index (κ2) is 12.8. The lowest BCUT2D eigenvalue weighted by molar-refractivity contribution is -0.141. The fraction of sp³-hybridized carbons (Fsp3) is 0.400. The summed E-state index contributed by atoms with van der Waals surface area (Å²) >= 11 is 6.47. The Morgan fingerprint density at radius 2 is 1.74 bits per heavy atom. The van der Waals surface area contributed by atoms with E-state index in [0.717, 1.165) is 30.6 Å². The Balaban J connectivity index is 1.13. The SMILES string of the molecule is Cc1cn[nH]c1-n1cc(-c2cnc(C(=O)Nc3ccc(C(=O)N4CCN(C(=O)C5CCNCC5)CC4)c(Cl)c3)n2C)c(C(F)(F)F)n1. The number of imidazole rings is 1. The Kier molecular flexibility index (Phi) is 8.80. The average molecular weight is 673 g/mol. The molecule has 0 unspecified atom stereocenters. The summed E-state index contributed by atoms with van der Waals surface area (Å²) in [5.74, 6) is -0.730. The lowest BCUT2D eigenvalue weighted by Gasteiger charge is -2.37. The minimum Gasteiger partial charge on any atom is -0.339 e. The summed E-state index contributed by atoms with van der Waals surface area (Å²) in [7, 11) is 1.42. The molecule has 3 N–H and O–H groups in total. The van der Waals surface area contributed by atoms with Gasteiger partial charge in [-0.1, -0.05) is 11.6 Å². The molecule has 1 aromatic carbocycles. The van der Waals surface area contributed by atoms with E-state index in [1.165, 1.54) is 48.4 Å². The van der Waals surface area contributed by atoms with Crippen molar-refractivity contribution < 1.29 is 27.6 Å². The highest BCUT2D eigenvalue weighted by Crippen LogP contribution is 2.37. The van der Waals surface area contributed by atoms with Crippen LogP contribution < -0.4 is 10.6 Å². The number of hydrogen-bond donors (Lipinski definition) is 3. The zero-order valence-electron chi connectivity index (χ0n) is 25.6. The molecular weight excluding hydrogens is 641 g/mol. The second-order valence-corrected chi connectivity index (χ2v) is 12.0. The maximum atomic E-state index is 14.0. The predicted molar refractivity (Wildman–Crippen MR) is 165 cm³/mol. The first-order valence-electron chi connectivity index (χ1n) is 15.0. The summed E-state index contributed by atoms with van der Waals surface area (Å²) in [5.41, 5.74) is -0.316. The first kappa shape index (κ1) is 32.2. The van der Waals surface area contributed by atoms with Gasteiger partial charge in [-0.25, -0.2) is 9.67 Å². The minimum atomic E-state index is -4.78. The zero-order chi connectivity index (χ0) is 33.5. The predicted octanol–water partition coefficient (Wildman–Crippen LogP) is 3.51. The maximum Gasteiger partial charge on any atom is 0.435 e. The van der Waals surface area contributed by atoms with Crippen molar-refractivity contribution in [1.82, 2.24) is 44.6 Å². The number of carbonyl (C=O) groups is 3. The summed E-state index contributed by atoms with van der Waals surface area (Å²) in [6, 6.07) is 4.43. The van der Waals surface area contributed by atoms with Gasteiger partial charge in [-0.15, -0.1) is 0 Å². The molecule has 2 aliphatic heterocycles. The van der Waals surface area contributed by atoms with E-state index in [9.17, 15) is 27.6 Å². The van der Waals surface area contributed by atoms with Crippen molar-refractivity contribution in [3.05, 3.63) is 64.5 Å². The third kappa shape index (κ3) is 6.47. The van der Waals surface area contributed by atoms with E-state index in [0.29, 0.717) is 31.7 Å². The van der Waals surface area contributed by atoms with Crippen molar-refractivity contribution in [3.8, 4) is 17.1 Å². The smallest absolute Gasteiger partial charge is 0.339 e. The van der Waals surface area contributed by atoms with Gasteiger partial charge in [0.1, 0.15) is 0 Å². The van der Waals surface area contributed by atoms with Gasteiger partial charge in [-0.3, -0.25) is 19.5 Å². The van der Waals surface area contributed by atoms with Crippen LogP contribution in [0.25, 0.3) is 17.1 Å². The number of piperidine rings is 1. The molecule has 6 rings (SSSR count). The van der Waals surface area contributed by atoms with E-state index in [1.807, 2.05) is 4.90 Å². The first-order chi connectivity index (χ1) is 22.4. The molecule has 17 heteroatoms. The largest absolute Gasteiger partial charge is 0.435 e. The lowest BCUT2D eigenvalue weighted by atomic mass is 9.96. The number of aromatic nitrogens is 6. The Hall–Kier alpha value is -4.70. The number of H-pyrrole nitrogens is 1. The highest BCUT2D eigenvalue weighted by atomic mass is 35.5. The molecule has 0 aliphatic carbocycles. The molecule has 0 atom stereocenters. The van der Waals surface area contributed by atoms with Gasteiger partial charge in [0.05, 0.1) is 34.2 Å². The van der Waals surface area contributed by atoms with Gasteiger partial charge < -0.3 is 25.0 Å². The van der Waals surface area contributed by atoms with Crippen LogP contribution in [0.2, 0.25) is 5.02 Å². The number of benzene rings is 1. The highest BCUT2D eigenvalue weighted by Gasteiger charge is 2.39. The Morgan fingerprint density at radius 3 is 2.38 bits per heavy atom. The van der Waals surface area contributed by atoms with Gasteiger partial charge in [0.2, 0.25) is 5.91 Å². The third-order valence-electron chi connectivity index (χ3n) is 8.51. The van der Waals surface area contributed by atoms with Crippen LogP contribution >= 0.6 is 11.6 Å². The number of halogens is 4. The van der Waals surface area contributed by atoms with E-state index >= 15 is 0 Å². The molecule has 4 aromatic rings. The molecule has 2 saturated heterocycles. The van der Waals surface area contributed by atoms with E-state index < -0.39 is 17.8 Å². The molecule has 0 radical (unpaired) electrons. The van der Waals surface area contributed by atoms with E-state index in [1.54, 1.807) is 11.8 Å². The Labute approximate surface area is 272 Å². The van der Waals surface area contributed by atoms with Gasteiger partial charge >= 0.3 is 6.18 Å². The van der Waals surface area contributed by atoms with Gasteiger partial charge in [0.25, 0.3) is 11.8 Å². The summed E-state index contributed by atoms with van der Waals surface area (Å²) in [6.07, 6.45) is 0.675. The number of alkyl halides is 3. The molecule has 3 aromatic heterocycles. The van der Waals surface area contributed by atoms with Crippen molar-refractivity contribution in [2.24, 2.45) is 13.0 Å². The van der Waals surface area contributed by atoms with Gasteiger partial charge in [-0.05, 0) is 51.1 Å². The van der Waals surface area contributed by atoms with Gasteiger partial charge in [-0.2, -0.15) is 23.4 Å². The number of nitrogens with one attached hydrogen (secondary N) is 3. The van der Waals surface area contributed by atoms with E-state index in [-0.39, 0.29) is 56.9 Å². The number of hydrogen-bond acceptors (Lipinski definition) is 7. The number of anilines is 1. The van der Waals surface area contributed by atoms with Crippen LogP contribution in [0.4, 0.5) is 18.9 Å². The summed E-state index contributed by atoms with van der Waals surface area (Å²) < 4.78 is 44.2. The number of carbonyl (C=O) groups excluding carboxylic acids is 3. The first-order valence-corrected chi connectivity index (χ1v) is 15.4. The van der Waals surface area contributed by atoms with Crippen LogP contribution in [0, 0.1) is 12.8 Å². The normalized spacial score (nSPS) is 16.0. The molecular formula is C30H32ClF3N10O3. The second-order valence-electron chi connectivity index (χ2n) is 11.6. The van der Waals surface area contributed by atoms with Crippen molar-refractivity contribution in [2.75, 3.05) is 44.6 Å². The molecule has 0 saturated carbocycles.